The second-order valence-electron chi connectivity index (χ2n) is 5.50. The van der Waals surface area contributed by atoms with Gasteiger partial charge >= 0.3 is 0 Å². The van der Waals surface area contributed by atoms with Gasteiger partial charge in [0.2, 0.25) is 0 Å². The summed E-state index contributed by atoms with van der Waals surface area (Å²) >= 11 is 0. The molecule has 2 rings (SSSR count). The van der Waals surface area contributed by atoms with Crippen molar-refractivity contribution < 1.29 is 5.11 Å². The van der Waals surface area contributed by atoms with Crippen molar-refractivity contribution in [2.24, 2.45) is 5.92 Å². The first-order valence-corrected chi connectivity index (χ1v) is 6.68. The Balaban J connectivity index is 2.09. The molecule has 0 aliphatic carbocycles. The van der Waals surface area contributed by atoms with Crippen molar-refractivity contribution in [3.8, 4) is 5.75 Å². The van der Waals surface area contributed by atoms with Crippen LogP contribution in [0.3, 0.4) is 0 Å². The van der Waals surface area contributed by atoms with Crippen LogP contribution >= 0.6 is 0 Å². The molecule has 1 aromatic carbocycles. The van der Waals surface area contributed by atoms with Crippen LogP contribution in [0.15, 0.2) is 18.2 Å². The largest absolute Gasteiger partial charge is 0.508 e. The Labute approximate surface area is 104 Å². The lowest BCUT2D eigenvalue weighted by Gasteiger charge is -2.23. The van der Waals surface area contributed by atoms with E-state index in [-0.39, 0.29) is 0 Å². The van der Waals surface area contributed by atoms with E-state index in [2.05, 4.69) is 25.2 Å². The number of hydrogen-bond donors (Lipinski definition) is 2. The molecule has 17 heavy (non-hydrogen) atoms. The highest BCUT2D eigenvalue weighted by Crippen LogP contribution is 2.25. The van der Waals surface area contributed by atoms with Crippen molar-refractivity contribution in [2.75, 3.05) is 13.1 Å². The number of phenolic OH excluding ortho intramolecular Hbond substituents is 1. The minimum absolute atomic E-state index is 0.412. The SMILES string of the molecule is CC(C)c1cc(O)cc(CC2CCCNC2)c1. The zero-order valence-electron chi connectivity index (χ0n) is 10.9. The molecule has 2 heteroatoms. The van der Waals surface area contributed by atoms with Crippen molar-refractivity contribution in [1.29, 1.82) is 0 Å². The fourth-order valence-electron chi connectivity index (χ4n) is 2.58. The van der Waals surface area contributed by atoms with Crippen LogP contribution in [0.5, 0.6) is 5.75 Å². The molecule has 2 N–H and O–H groups in total. The number of rotatable bonds is 3. The van der Waals surface area contributed by atoms with Gasteiger partial charge in [-0.15, -0.1) is 0 Å². The molecule has 94 valence electrons. The Morgan fingerprint density at radius 3 is 2.82 bits per heavy atom. The average molecular weight is 233 g/mol. The lowest BCUT2D eigenvalue weighted by molar-refractivity contribution is 0.375. The Kier molecular flexibility index (Phi) is 4.06. The van der Waals surface area contributed by atoms with Crippen molar-refractivity contribution >= 4 is 0 Å². The standard InChI is InChI=1S/C15H23NO/c1-11(2)14-7-13(8-15(17)9-14)6-12-4-3-5-16-10-12/h7-9,11-12,16-17H,3-6,10H2,1-2H3. The Morgan fingerprint density at radius 1 is 1.35 bits per heavy atom. The lowest BCUT2D eigenvalue weighted by atomic mass is 9.90. The van der Waals surface area contributed by atoms with E-state index in [9.17, 15) is 5.11 Å². The molecule has 1 saturated heterocycles. The van der Waals surface area contributed by atoms with Crippen molar-refractivity contribution in [2.45, 2.75) is 39.0 Å². The zero-order chi connectivity index (χ0) is 12.3. The first-order valence-electron chi connectivity index (χ1n) is 6.68. The maximum Gasteiger partial charge on any atom is 0.116 e. The summed E-state index contributed by atoms with van der Waals surface area (Å²) in [5, 5.41) is 13.2. The molecular weight excluding hydrogens is 210 g/mol. The highest BCUT2D eigenvalue weighted by molar-refractivity contribution is 5.35. The fraction of sp³-hybridized carbons (Fsp3) is 0.600. The van der Waals surface area contributed by atoms with E-state index in [1.165, 1.54) is 24.0 Å². The Bertz CT molecular complexity index is 367. The highest BCUT2D eigenvalue weighted by atomic mass is 16.3. The van der Waals surface area contributed by atoms with Crippen LogP contribution in [0.1, 0.15) is 43.7 Å². The third-order valence-corrected chi connectivity index (χ3v) is 3.59. The normalized spacial score (nSPS) is 20.8. The summed E-state index contributed by atoms with van der Waals surface area (Å²) in [6.07, 6.45) is 3.67. The second-order valence-corrected chi connectivity index (χ2v) is 5.50. The predicted octanol–water partition coefficient (Wildman–Crippen LogP) is 3.06. The maximum atomic E-state index is 9.76. The summed E-state index contributed by atoms with van der Waals surface area (Å²) in [6, 6.07) is 6.05. The quantitative estimate of drug-likeness (QED) is 0.841. The van der Waals surface area contributed by atoms with Crippen LogP contribution in [-0.4, -0.2) is 18.2 Å². The van der Waals surface area contributed by atoms with Gasteiger partial charge in [0, 0.05) is 0 Å². The summed E-state index contributed by atoms with van der Waals surface area (Å²) in [7, 11) is 0. The zero-order valence-corrected chi connectivity index (χ0v) is 10.9. The first kappa shape index (κ1) is 12.4. The van der Waals surface area contributed by atoms with E-state index in [0.717, 1.165) is 25.4 Å². The van der Waals surface area contributed by atoms with Gasteiger partial charge < -0.3 is 10.4 Å². The molecule has 1 aliphatic heterocycles. The first-order chi connectivity index (χ1) is 8.15. The monoisotopic (exact) mass is 233 g/mol. The second kappa shape index (κ2) is 5.54. The molecule has 0 spiro atoms. The van der Waals surface area contributed by atoms with Crippen LogP contribution in [-0.2, 0) is 6.42 Å². The van der Waals surface area contributed by atoms with Gasteiger partial charge in [-0.25, -0.2) is 0 Å². The number of benzene rings is 1. The maximum absolute atomic E-state index is 9.76. The molecule has 0 radical (unpaired) electrons. The van der Waals surface area contributed by atoms with E-state index in [1.54, 1.807) is 0 Å². The number of aromatic hydroxyl groups is 1. The molecule has 1 aliphatic rings. The third-order valence-electron chi connectivity index (χ3n) is 3.59. The average Bonchev–Trinajstić information content (AvgIpc) is 2.29. The van der Waals surface area contributed by atoms with Crippen molar-refractivity contribution in [1.82, 2.24) is 5.32 Å². The molecule has 1 aromatic rings. The van der Waals surface area contributed by atoms with Gasteiger partial charge in [0.15, 0.2) is 0 Å². The van der Waals surface area contributed by atoms with E-state index in [0.29, 0.717) is 11.7 Å². The van der Waals surface area contributed by atoms with Gasteiger partial charge in [0.1, 0.15) is 5.75 Å². The van der Waals surface area contributed by atoms with E-state index in [4.69, 9.17) is 0 Å². The topological polar surface area (TPSA) is 32.3 Å². The minimum Gasteiger partial charge on any atom is -0.508 e. The highest BCUT2D eigenvalue weighted by Gasteiger charge is 2.14. The van der Waals surface area contributed by atoms with Crippen molar-refractivity contribution in [3.63, 3.8) is 0 Å². The minimum atomic E-state index is 0.412. The summed E-state index contributed by atoms with van der Waals surface area (Å²) in [5.74, 6) is 1.62. The van der Waals surface area contributed by atoms with Crippen LogP contribution in [0, 0.1) is 5.92 Å². The molecule has 0 aromatic heterocycles. The molecule has 1 unspecified atom stereocenters. The van der Waals surface area contributed by atoms with Crippen LogP contribution in [0.2, 0.25) is 0 Å². The van der Waals surface area contributed by atoms with Crippen molar-refractivity contribution in [3.05, 3.63) is 29.3 Å². The fourth-order valence-corrected chi connectivity index (χ4v) is 2.58. The van der Waals surface area contributed by atoms with E-state index < -0.39 is 0 Å². The van der Waals surface area contributed by atoms with Gasteiger partial charge in [0.25, 0.3) is 0 Å². The summed E-state index contributed by atoms with van der Waals surface area (Å²) in [4.78, 5) is 0. The van der Waals surface area contributed by atoms with Gasteiger partial charge in [-0.1, -0.05) is 19.9 Å². The molecule has 1 fully saturated rings. The van der Waals surface area contributed by atoms with Crippen LogP contribution in [0.25, 0.3) is 0 Å². The van der Waals surface area contributed by atoms with Gasteiger partial charge in [-0.3, -0.25) is 0 Å². The molecule has 0 amide bonds. The lowest BCUT2D eigenvalue weighted by Crippen LogP contribution is -2.30. The molecule has 0 bridgehead atoms. The van der Waals surface area contributed by atoms with Gasteiger partial charge in [0.05, 0.1) is 0 Å². The number of nitrogens with one attached hydrogen (secondary N) is 1. The number of phenols is 1. The number of hydrogen-bond acceptors (Lipinski definition) is 2. The van der Waals surface area contributed by atoms with Gasteiger partial charge in [-0.05, 0) is 67.4 Å². The number of piperidine rings is 1. The molecule has 2 nitrogen and oxygen atoms in total. The summed E-state index contributed by atoms with van der Waals surface area (Å²) in [6.45, 7) is 6.61. The molecule has 1 heterocycles. The molecule has 0 saturated carbocycles. The molecule has 1 atom stereocenters. The third kappa shape index (κ3) is 3.47. The van der Waals surface area contributed by atoms with Crippen LogP contribution < -0.4 is 5.32 Å². The Morgan fingerprint density at radius 2 is 2.18 bits per heavy atom. The Hall–Kier alpha value is -1.02. The smallest absolute Gasteiger partial charge is 0.116 e. The predicted molar refractivity (Wildman–Crippen MR) is 71.5 cm³/mol. The van der Waals surface area contributed by atoms with Gasteiger partial charge in [-0.2, -0.15) is 0 Å². The summed E-state index contributed by atoms with van der Waals surface area (Å²) in [5.41, 5.74) is 2.52. The van der Waals surface area contributed by atoms with E-state index >= 15 is 0 Å². The summed E-state index contributed by atoms with van der Waals surface area (Å²) < 4.78 is 0. The van der Waals surface area contributed by atoms with Crippen LogP contribution in [0.4, 0.5) is 0 Å². The van der Waals surface area contributed by atoms with E-state index in [1.807, 2.05) is 12.1 Å². The molecular formula is C15H23NO.